The summed E-state index contributed by atoms with van der Waals surface area (Å²) in [6.45, 7) is 2.97. The summed E-state index contributed by atoms with van der Waals surface area (Å²) in [5.74, 6) is -0.266. The van der Waals surface area contributed by atoms with Crippen molar-refractivity contribution in [1.82, 2.24) is 10.6 Å². The van der Waals surface area contributed by atoms with E-state index < -0.39 is 0 Å². The molecule has 0 aromatic heterocycles. The molecule has 0 aliphatic rings. The van der Waals surface area contributed by atoms with Gasteiger partial charge in [0, 0.05) is 28.1 Å². The maximum atomic E-state index is 11.9. The summed E-state index contributed by atoms with van der Waals surface area (Å²) < 4.78 is 0.829. The van der Waals surface area contributed by atoms with Crippen LogP contribution in [0.5, 0.6) is 0 Å². The molecular weight excluding hydrogens is 379 g/mol. The molecule has 104 valence electrons. The van der Waals surface area contributed by atoms with Crippen LogP contribution in [-0.4, -0.2) is 24.9 Å². The first-order chi connectivity index (χ1) is 9.04. The normalized spacial score (nSPS) is 10.1. The van der Waals surface area contributed by atoms with Crippen LogP contribution < -0.4 is 10.6 Å². The largest absolute Gasteiger partial charge is 0.356 e. The van der Waals surface area contributed by atoms with Crippen LogP contribution in [0.2, 0.25) is 5.02 Å². The van der Waals surface area contributed by atoms with E-state index in [1.54, 1.807) is 18.2 Å². The highest BCUT2D eigenvalue weighted by atomic mass is 127. The minimum Gasteiger partial charge on any atom is -0.356 e. The van der Waals surface area contributed by atoms with Gasteiger partial charge in [-0.1, -0.05) is 18.5 Å². The van der Waals surface area contributed by atoms with Gasteiger partial charge in [0.05, 0.1) is 5.56 Å². The van der Waals surface area contributed by atoms with Gasteiger partial charge in [-0.15, -0.1) is 0 Å². The van der Waals surface area contributed by atoms with Gasteiger partial charge in [0.1, 0.15) is 0 Å². The number of carbonyl (C=O) groups excluding carboxylic acids is 2. The Morgan fingerprint density at radius 3 is 2.68 bits per heavy atom. The lowest BCUT2D eigenvalue weighted by Crippen LogP contribution is -2.31. The van der Waals surface area contributed by atoms with Crippen LogP contribution in [-0.2, 0) is 4.79 Å². The van der Waals surface area contributed by atoms with E-state index in [9.17, 15) is 9.59 Å². The summed E-state index contributed by atoms with van der Waals surface area (Å²) in [7, 11) is 0. The molecule has 0 fully saturated rings. The first-order valence-electron chi connectivity index (χ1n) is 6.04. The molecule has 4 nitrogen and oxygen atoms in total. The maximum Gasteiger partial charge on any atom is 0.252 e. The summed E-state index contributed by atoms with van der Waals surface area (Å²) in [5, 5.41) is 5.98. The Morgan fingerprint density at radius 1 is 1.26 bits per heavy atom. The number of amides is 2. The summed E-state index contributed by atoms with van der Waals surface area (Å²) in [6, 6.07) is 5.14. The lowest BCUT2D eigenvalue weighted by atomic mass is 10.2. The average molecular weight is 395 g/mol. The molecule has 0 radical (unpaired) electrons. The highest BCUT2D eigenvalue weighted by molar-refractivity contribution is 14.1. The quantitative estimate of drug-likeness (QED) is 0.729. The minimum atomic E-state index is -0.213. The van der Waals surface area contributed by atoms with E-state index in [1.165, 1.54) is 0 Å². The number of rotatable bonds is 6. The van der Waals surface area contributed by atoms with Gasteiger partial charge in [-0.3, -0.25) is 9.59 Å². The van der Waals surface area contributed by atoms with Gasteiger partial charge in [0.25, 0.3) is 5.91 Å². The van der Waals surface area contributed by atoms with Crippen molar-refractivity contribution in [3.05, 3.63) is 32.4 Å². The van der Waals surface area contributed by atoms with Crippen molar-refractivity contribution in [2.75, 3.05) is 13.1 Å². The second-order valence-corrected chi connectivity index (χ2v) is 5.58. The fourth-order valence-corrected chi connectivity index (χ4v) is 2.16. The number of benzene rings is 1. The van der Waals surface area contributed by atoms with Crippen LogP contribution in [0.25, 0.3) is 0 Å². The lowest BCUT2D eigenvalue weighted by molar-refractivity contribution is -0.120. The topological polar surface area (TPSA) is 58.2 Å². The number of hydrogen-bond donors (Lipinski definition) is 2. The Kier molecular flexibility index (Phi) is 7.15. The van der Waals surface area contributed by atoms with Crippen LogP contribution in [0.4, 0.5) is 0 Å². The van der Waals surface area contributed by atoms with Gasteiger partial charge in [-0.05, 0) is 47.2 Å². The fourth-order valence-electron chi connectivity index (χ4n) is 1.41. The minimum absolute atomic E-state index is 0.0528. The molecule has 0 unspecified atom stereocenters. The van der Waals surface area contributed by atoms with Crippen LogP contribution in [0.15, 0.2) is 18.2 Å². The SMILES string of the molecule is CCCNC(=O)CCNC(=O)c1cc(Cl)ccc1I. The molecule has 1 aromatic carbocycles. The molecule has 2 amide bonds. The molecule has 19 heavy (non-hydrogen) atoms. The van der Waals surface area contributed by atoms with Crippen LogP contribution in [0.3, 0.4) is 0 Å². The summed E-state index contributed by atoms with van der Waals surface area (Å²) in [4.78, 5) is 23.3. The van der Waals surface area contributed by atoms with Crippen molar-refractivity contribution >= 4 is 46.0 Å². The molecule has 0 heterocycles. The van der Waals surface area contributed by atoms with Crippen molar-refractivity contribution in [2.24, 2.45) is 0 Å². The predicted octanol–water partition coefficient (Wildman–Crippen LogP) is 2.59. The summed E-state index contributed by atoms with van der Waals surface area (Å²) in [6.07, 6.45) is 1.18. The molecule has 0 aliphatic carbocycles. The zero-order valence-electron chi connectivity index (χ0n) is 10.6. The first kappa shape index (κ1) is 16.2. The van der Waals surface area contributed by atoms with Gasteiger partial charge < -0.3 is 10.6 Å². The highest BCUT2D eigenvalue weighted by Crippen LogP contribution is 2.17. The average Bonchev–Trinajstić information content (AvgIpc) is 2.39. The second kappa shape index (κ2) is 8.37. The molecule has 6 heteroatoms. The fraction of sp³-hybridized carbons (Fsp3) is 0.385. The molecule has 0 bridgehead atoms. The van der Waals surface area contributed by atoms with Gasteiger partial charge in [-0.25, -0.2) is 0 Å². The lowest BCUT2D eigenvalue weighted by Gasteiger charge is -2.07. The summed E-state index contributed by atoms with van der Waals surface area (Å²) >= 11 is 7.93. The Labute approximate surface area is 131 Å². The molecule has 0 atom stereocenters. The third-order valence-corrected chi connectivity index (χ3v) is 3.56. The predicted molar refractivity (Wildman–Crippen MR) is 84.4 cm³/mol. The Balaban J connectivity index is 2.43. The smallest absolute Gasteiger partial charge is 0.252 e. The Morgan fingerprint density at radius 2 is 2.00 bits per heavy atom. The van der Waals surface area contributed by atoms with E-state index in [0.717, 1.165) is 9.99 Å². The zero-order valence-corrected chi connectivity index (χ0v) is 13.5. The molecule has 1 aromatic rings. The van der Waals surface area contributed by atoms with Crippen molar-refractivity contribution in [3.63, 3.8) is 0 Å². The van der Waals surface area contributed by atoms with Crippen molar-refractivity contribution < 1.29 is 9.59 Å². The monoisotopic (exact) mass is 394 g/mol. The molecule has 0 aliphatic heterocycles. The number of halogens is 2. The van der Waals surface area contributed by atoms with Gasteiger partial charge in [-0.2, -0.15) is 0 Å². The third kappa shape index (κ3) is 5.78. The number of nitrogens with one attached hydrogen (secondary N) is 2. The molecule has 0 saturated heterocycles. The molecular formula is C13H16ClIN2O2. The number of carbonyl (C=O) groups is 2. The van der Waals surface area contributed by atoms with Crippen molar-refractivity contribution in [3.8, 4) is 0 Å². The van der Waals surface area contributed by atoms with Crippen LogP contribution in [0.1, 0.15) is 30.1 Å². The first-order valence-corrected chi connectivity index (χ1v) is 7.50. The van der Waals surface area contributed by atoms with E-state index in [1.807, 2.05) is 6.92 Å². The molecule has 1 rings (SSSR count). The zero-order chi connectivity index (χ0) is 14.3. The van der Waals surface area contributed by atoms with E-state index in [4.69, 9.17) is 11.6 Å². The molecule has 2 N–H and O–H groups in total. The van der Waals surface area contributed by atoms with E-state index >= 15 is 0 Å². The Bertz CT molecular complexity index is 466. The van der Waals surface area contributed by atoms with Crippen LogP contribution in [0, 0.1) is 3.57 Å². The number of hydrogen-bond acceptors (Lipinski definition) is 2. The molecule has 0 spiro atoms. The second-order valence-electron chi connectivity index (χ2n) is 3.98. The van der Waals surface area contributed by atoms with E-state index in [0.29, 0.717) is 23.7 Å². The van der Waals surface area contributed by atoms with Crippen molar-refractivity contribution in [2.45, 2.75) is 19.8 Å². The van der Waals surface area contributed by atoms with Gasteiger partial charge in [0.15, 0.2) is 0 Å². The maximum absolute atomic E-state index is 11.9. The standard InChI is InChI=1S/C13H16ClIN2O2/c1-2-6-16-12(18)5-7-17-13(19)10-8-9(14)3-4-11(10)15/h3-4,8H,2,5-7H2,1H3,(H,16,18)(H,17,19). The van der Waals surface area contributed by atoms with E-state index in [-0.39, 0.29) is 18.2 Å². The van der Waals surface area contributed by atoms with Gasteiger partial charge in [0.2, 0.25) is 5.91 Å². The van der Waals surface area contributed by atoms with E-state index in [2.05, 4.69) is 33.2 Å². The molecule has 0 saturated carbocycles. The third-order valence-electron chi connectivity index (χ3n) is 2.38. The van der Waals surface area contributed by atoms with Crippen LogP contribution >= 0.6 is 34.2 Å². The Hall–Kier alpha value is -0.820. The van der Waals surface area contributed by atoms with Crippen molar-refractivity contribution in [1.29, 1.82) is 0 Å². The van der Waals surface area contributed by atoms with Gasteiger partial charge >= 0.3 is 0 Å². The summed E-state index contributed by atoms with van der Waals surface area (Å²) in [5.41, 5.74) is 0.530. The highest BCUT2D eigenvalue weighted by Gasteiger charge is 2.10.